The average Bonchev–Trinajstić information content (AvgIpc) is 2.71. The van der Waals surface area contributed by atoms with Gasteiger partial charge in [-0.05, 0) is 23.9 Å². The van der Waals surface area contributed by atoms with Gasteiger partial charge in [0.2, 0.25) is 0 Å². The molecule has 0 aromatic carbocycles. The van der Waals surface area contributed by atoms with Gasteiger partial charge in [-0.3, -0.25) is 4.79 Å². The molecule has 1 saturated heterocycles. The Morgan fingerprint density at radius 3 is 2.71 bits per heavy atom. The van der Waals surface area contributed by atoms with E-state index in [9.17, 15) is 13.2 Å². The molecule has 7 heteroatoms. The van der Waals surface area contributed by atoms with Crippen molar-refractivity contribution in [1.29, 1.82) is 0 Å². The molecule has 0 bridgehead atoms. The van der Waals surface area contributed by atoms with Gasteiger partial charge in [-0.15, -0.1) is 22.9 Å². The van der Waals surface area contributed by atoms with Crippen LogP contribution in [0.4, 0.5) is 0 Å². The van der Waals surface area contributed by atoms with Crippen molar-refractivity contribution in [1.82, 2.24) is 5.32 Å². The molecule has 1 aliphatic rings. The van der Waals surface area contributed by atoms with Crippen LogP contribution in [0.1, 0.15) is 15.2 Å². The Bertz CT molecular complexity index is 538. The Kier molecular flexibility index (Phi) is 3.47. The van der Waals surface area contributed by atoms with E-state index in [0.717, 1.165) is 5.56 Å². The fraction of sp³-hybridized carbons (Fsp3) is 0.500. The van der Waals surface area contributed by atoms with Gasteiger partial charge >= 0.3 is 0 Å². The minimum absolute atomic E-state index is 0.0665. The fourth-order valence-electron chi connectivity index (χ4n) is 1.78. The van der Waals surface area contributed by atoms with Gasteiger partial charge in [-0.25, -0.2) is 8.42 Å². The lowest BCUT2D eigenvalue weighted by Gasteiger charge is -2.13. The molecule has 0 radical (unpaired) electrons. The van der Waals surface area contributed by atoms with Crippen molar-refractivity contribution in [2.24, 2.45) is 0 Å². The van der Waals surface area contributed by atoms with E-state index in [4.69, 9.17) is 11.6 Å². The Labute approximate surface area is 109 Å². The Morgan fingerprint density at radius 2 is 2.24 bits per heavy atom. The fourth-order valence-corrected chi connectivity index (χ4v) is 5.15. The lowest BCUT2D eigenvalue weighted by molar-refractivity contribution is 0.0945. The molecule has 0 saturated carbocycles. The second kappa shape index (κ2) is 4.59. The minimum Gasteiger partial charge on any atom is -0.346 e. The third-order valence-corrected chi connectivity index (χ3v) is 6.06. The van der Waals surface area contributed by atoms with Gasteiger partial charge in [0, 0.05) is 0 Å². The van der Waals surface area contributed by atoms with Crippen molar-refractivity contribution in [3.05, 3.63) is 21.9 Å². The van der Waals surface area contributed by atoms with Crippen LogP contribution in [-0.2, 0) is 9.84 Å². The van der Waals surface area contributed by atoms with Crippen LogP contribution >= 0.6 is 22.9 Å². The molecule has 1 aromatic heterocycles. The maximum atomic E-state index is 11.9. The average molecular weight is 294 g/mol. The molecule has 0 spiro atoms. The monoisotopic (exact) mass is 293 g/mol. The Morgan fingerprint density at radius 1 is 1.53 bits per heavy atom. The van der Waals surface area contributed by atoms with E-state index in [1.807, 2.05) is 18.4 Å². The molecule has 2 unspecified atom stereocenters. The Balaban J connectivity index is 2.08. The molecule has 1 amide bonds. The molecule has 1 aromatic rings. The first-order valence-corrected chi connectivity index (χ1v) is 8.22. The van der Waals surface area contributed by atoms with Gasteiger partial charge in [0.1, 0.15) is 0 Å². The quantitative estimate of drug-likeness (QED) is 0.833. The molecule has 0 aliphatic carbocycles. The Hall–Kier alpha value is -0.590. The zero-order valence-electron chi connectivity index (χ0n) is 9.14. The summed E-state index contributed by atoms with van der Waals surface area (Å²) in [6.45, 7) is 1.84. The highest BCUT2D eigenvalue weighted by atomic mass is 35.5. The number of hydrogen-bond acceptors (Lipinski definition) is 4. The van der Waals surface area contributed by atoms with Gasteiger partial charge in [0.05, 0.1) is 27.8 Å². The van der Waals surface area contributed by atoms with Crippen LogP contribution in [0.2, 0.25) is 0 Å². The summed E-state index contributed by atoms with van der Waals surface area (Å²) >= 11 is 7.26. The lowest BCUT2D eigenvalue weighted by atomic mass is 10.2. The largest absolute Gasteiger partial charge is 0.346 e. The molecule has 94 valence electrons. The molecule has 4 nitrogen and oxygen atoms in total. The zero-order valence-corrected chi connectivity index (χ0v) is 11.5. The van der Waals surface area contributed by atoms with Crippen molar-refractivity contribution in [2.45, 2.75) is 18.3 Å². The van der Waals surface area contributed by atoms with Crippen LogP contribution in [0.25, 0.3) is 0 Å². The molecule has 2 rings (SSSR count). The van der Waals surface area contributed by atoms with Gasteiger partial charge in [-0.1, -0.05) is 0 Å². The minimum atomic E-state index is -3.11. The first-order chi connectivity index (χ1) is 7.89. The molecule has 2 atom stereocenters. The summed E-state index contributed by atoms with van der Waals surface area (Å²) in [5.74, 6) is -0.384. The first kappa shape index (κ1) is 12.9. The number of carbonyl (C=O) groups is 1. The normalized spacial score (nSPS) is 26.9. The molecule has 1 fully saturated rings. The second-order valence-corrected chi connectivity index (χ2v) is 7.74. The molecule has 2 heterocycles. The number of hydrogen-bond donors (Lipinski definition) is 1. The van der Waals surface area contributed by atoms with E-state index in [1.54, 1.807) is 0 Å². The van der Waals surface area contributed by atoms with Crippen molar-refractivity contribution in [3.63, 3.8) is 0 Å². The number of alkyl halides is 1. The van der Waals surface area contributed by atoms with Crippen LogP contribution in [-0.4, -0.2) is 37.2 Å². The third kappa shape index (κ3) is 2.81. The molecular weight excluding hydrogens is 282 g/mol. The summed E-state index contributed by atoms with van der Waals surface area (Å²) in [7, 11) is -3.11. The standard InChI is InChI=1S/C10H12ClNO3S2/c1-6-2-3-16-9(6)10(13)12-8-5-17(14,15)4-7(8)11/h2-3,7-8H,4-5H2,1H3,(H,12,13). The van der Waals surface area contributed by atoms with E-state index >= 15 is 0 Å². The van der Waals surface area contributed by atoms with Crippen LogP contribution in [0.15, 0.2) is 11.4 Å². The molecule has 1 aliphatic heterocycles. The predicted molar refractivity (Wildman–Crippen MR) is 68.6 cm³/mol. The van der Waals surface area contributed by atoms with E-state index in [2.05, 4.69) is 5.32 Å². The van der Waals surface area contributed by atoms with Crippen molar-refractivity contribution in [2.75, 3.05) is 11.5 Å². The number of nitrogens with one attached hydrogen (secondary N) is 1. The highest BCUT2D eigenvalue weighted by Gasteiger charge is 2.37. The number of rotatable bonds is 2. The SMILES string of the molecule is Cc1ccsc1C(=O)NC1CS(=O)(=O)CC1Cl. The number of thiophene rings is 1. The first-order valence-electron chi connectivity index (χ1n) is 5.08. The van der Waals surface area contributed by atoms with Gasteiger partial charge in [0.25, 0.3) is 5.91 Å². The van der Waals surface area contributed by atoms with Crippen LogP contribution < -0.4 is 5.32 Å². The smallest absolute Gasteiger partial charge is 0.261 e. The number of carbonyl (C=O) groups excluding carboxylic acids is 1. The van der Waals surface area contributed by atoms with E-state index in [1.165, 1.54) is 11.3 Å². The van der Waals surface area contributed by atoms with Crippen molar-refractivity contribution in [3.8, 4) is 0 Å². The summed E-state index contributed by atoms with van der Waals surface area (Å²) in [4.78, 5) is 12.5. The van der Waals surface area contributed by atoms with E-state index < -0.39 is 21.3 Å². The van der Waals surface area contributed by atoms with E-state index in [0.29, 0.717) is 4.88 Å². The van der Waals surface area contributed by atoms with Gasteiger partial charge in [0.15, 0.2) is 9.84 Å². The summed E-state index contributed by atoms with van der Waals surface area (Å²) in [5.41, 5.74) is 0.888. The highest BCUT2D eigenvalue weighted by Crippen LogP contribution is 2.20. The predicted octanol–water partition coefficient (Wildman–Crippen LogP) is 1.19. The summed E-state index contributed by atoms with van der Waals surface area (Å²) in [6.07, 6.45) is 0. The molecule has 1 N–H and O–H groups in total. The highest BCUT2D eigenvalue weighted by molar-refractivity contribution is 7.91. The lowest BCUT2D eigenvalue weighted by Crippen LogP contribution is -2.40. The topological polar surface area (TPSA) is 63.2 Å². The summed E-state index contributed by atoms with van der Waals surface area (Å²) in [6, 6.07) is 1.36. The van der Waals surface area contributed by atoms with Gasteiger partial charge < -0.3 is 5.32 Å². The number of halogens is 1. The molecular formula is C10H12ClNO3S2. The molecule has 17 heavy (non-hydrogen) atoms. The van der Waals surface area contributed by atoms with Crippen LogP contribution in [0.3, 0.4) is 0 Å². The van der Waals surface area contributed by atoms with Gasteiger partial charge in [-0.2, -0.15) is 0 Å². The maximum absolute atomic E-state index is 11.9. The van der Waals surface area contributed by atoms with Crippen LogP contribution in [0.5, 0.6) is 0 Å². The van der Waals surface area contributed by atoms with Crippen molar-refractivity contribution < 1.29 is 13.2 Å². The van der Waals surface area contributed by atoms with Crippen molar-refractivity contribution >= 4 is 38.7 Å². The van der Waals surface area contributed by atoms with Crippen LogP contribution in [0, 0.1) is 6.92 Å². The number of amides is 1. The number of aryl methyl sites for hydroxylation is 1. The second-order valence-electron chi connectivity index (χ2n) is 4.11. The zero-order chi connectivity index (χ0) is 12.6. The summed E-state index contributed by atoms with van der Waals surface area (Å²) < 4.78 is 22.7. The third-order valence-electron chi connectivity index (χ3n) is 2.67. The summed E-state index contributed by atoms with van der Waals surface area (Å²) in [5, 5.41) is 3.98. The van der Waals surface area contributed by atoms with E-state index in [-0.39, 0.29) is 17.4 Å². The maximum Gasteiger partial charge on any atom is 0.261 e. The number of sulfone groups is 1.